The van der Waals surface area contributed by atoms with E-state index in [1.54, 1.807) is 0 Å². The SMILES string of the molecule is N#P(O)Cl. The van der Waals surface area contributed by atoms with Crippen LogP contribution in [0.2, 0.25) is 0 Å². The van der Waals surface area contributed by atoms with Gasteiger partial charge in [0.25, 0.3) is 7.14 Å². The maximum absolute atomic E-state index is 7.44. The predicted octanol–water partition coefficient (Wildman–Crippen LogP) is 1.01. The van der Waals surface area contributed by atoms with Crippen LogP contribution in [0.5, 0.6) is 0 Å². The summed E-state index contributed by atoms with van der Waals surface area (Å²) in [5, 5.41) is 7.44. The van der Waals surface area contributed by atoms with Crippen molar-refractivity contribution in [3.63, 3.8) is 0 Å². The van der Waals surface area contributed by atoms with Crippen molar-refractivity contribution in [1.82, 2.24) is 0 Å². The van der Waals surface area contributed by atoms with Crippen molar-refractivity contribution in [1.29, 1.82) is 5.00 Å². The first-order valence-electron chi connectivity index (χ1n) is 0.569. The molecule has 0 saturated carbocycles. The van der Waals surface area contributed by atoms with E-state index in [1.165, 1.54) is 0 Å². The second-order valence-corrected chi connectivity index (χ2v) is 1.63. The van der Waals surface area contributed by atoms with Gasteiger partial charge in [0.2, 0.25) is 0 Å². The van der Waals surface area contributed by atoms with Gasteiger partial charge in [0.1, 0.15) is 0 Å². The average Bonchev–Trinajstić information content (AvgIpc) is 0.811. The van der Waals surface area contributed by atoms with E-state index in [2.05, 4.69) is 11.2 Å². The summed E-state index contributed by atoms with van der Waals surface area (Å²) in [4.78, 5) is 7.44. The van der Waals surface area contributed by atoms with Gasteiger partial charge in [-0.25, -0.2) is 0 Å². The zero-order valence-corrected chi connectivity index (χ0v) is 3.37. The molecule has 0 bridgehead atoms. The lowest BCUT2D eigenvalue weighted by Crippen LogP contribution is -1.14. The van der Waals surface area contributed by atoms with Crippen LogP contribution in [-0.4, -0.2) is 4.89 Å². The van der Waals surface area contributed by atoms with E-state index in [9.17, 15) is 0 Å². The van der Waals surface area contributed by atoms with E-state index in [4.69, 9.17) is 9.90 Å². The summed E-state index contributed by atoms with van der Waals surface area (Å²) in [6.07, 6.45) is 0. The van der Waals surface area contributed by atoms with Gasteiger partial charge in [0.05, 0.1) is 0 Å². The smallest absolute Gasteiger partial charge is 0.282 e. The molecule has 4 heteroatoms. The van der Waals surface area contributed by atoms with Gasteiger partial charge in [-0.15, -0.1) is 0 Å². The van der Waals surface area contributed by atoms with E-state index in [0.717, 1.165) is 0 Å². The monoisotopic (exact) mass is 96.9 g/mol. The number of hydrogen-bond donors (Lipinski definition) is 1. The Labute approximate surface area is 29.2 Å². The van der Waals surface area contributed by atoms with Gasteiger partial charge in [0.15, 0.2) is 0 Å². The summed E-state index contributed by atoms with van der Waals surface area (Å²) in [5.74, 6) is 0. The van der Waals surface area contributed by atoms with Crippen molar-refractivity contribution in [2.45, 2.75) is 0 Å². The highest BCUT2D eigenvalue weighted by Gasteiger charge is 1.61. The van der Waals surface area contributed by atoms with Crippen molar-refractivity contribution >= 4 is 18.4 Å². The minimum Gasteiger partial charge on any atom is -0.313 e. The predicted molar refractivity (Wildman–Crippen MR) is 16.7 cm³/mol. The van der Waals surface area contributed by atoms with Gasteiger partial charge in [0, 0.05) is 0 Å². The minimum absolute atomic E-state index is 2.15. The third-order valence-electron chi connectivity index (χ3n) is 0. The van der Waals surface area contributed by atoms with Crippen molar-refractivity contribution in [3.8, 4) is 0 Å². The molecular weight excluding hydrogens is 96.4 g/mol. The Morgan fingerprint density at radius 3 is 2.00 bits per heavy atom. The average molecular weight is 97.4 g/mol. The van der Waals surface area contributed by atoms with Crippen molar-refractivity contribution in [3.05, 3.63) is 0 Å². The van der Waals surface area contributed by atoms with E-state index in [1.807, 2.05) is 0 Å². The Morgan fingerprint density at radius 1 is 2.00 bits per heavy atom. The lowest BCUT2D eigenvalue weighted by Gasteiger charge is -1.49. The molecule has 0 aromatic carbocycles. The molecule has 0 heterocycles. The molecule has 0 fully saturated rings. The lowest BCUT2D eigenvalue weighted by molar-refractivity contribution is 0.651. The fraction of sp³-hybridized carbons (Fsp3) is 0. The van der Waals surface area contributed by atoms with Gasteiger partial charge >= 0.3 is 0 Å². The largest absolute Gasteiger partial charge is 0.313 e. The molecule has 1 atom stereocenters. The fourth-order valence-electron chi connectivity index (χ4n) is 0. The van der Waals surface area contributed by atoms with Crippen LogP contribution < -0.4 is 0 Å². The second-order valence-electron chi connectivity index (χ2n) is 0.241. The molecule has 1 N–H and O–H groups in total. The van der Waals surface area contributed by atoms with Crippen LogP contribution in [0.3, 0.4) is 0 Å². The van der Waals surface area contributed by atoms with E-state index < -0.39 is 7.14 Å². The maximum Gasteiger partial charge on any atom is 0.282 e. The Balaban J connectivity index is 3.02. The third kappa shape index (κ3) is 53.1. The van der Waals surface area contributed by atoms with Gasteiger partial charge in [-0.2, -0.15) is 5.00 Å². The molecule has 0 aliphatic rings. The topological polar surface area (TPSA) is 44.0 Å². The summed E-state index contributed by atoms with van der Waals surface area (Å²) >= 11 is 4.45. The Hall–Kier alpha value is 0.260. The number of halogens is 1. The number of rotatable bonds is 0. The van der Waals surface area contributed by atoms with Crippen LogP contribution in [0, 0.1) is 5.00 Å². The first-order valence-corrected chi connectivity index (χ1v) is 2.72. The van der Waals surface area contributed by atoms with Gasteiger partial charge in [-0.3, -0.25) is 0 Å². The summed E-state index contributed by atoms with van der Waals surface area (Å²) in [7, 11) is -2.15. The van der Waals surface area contributed by atoms with Crippen LogP contribution in [-0.2, 0) is 0 Å². The molecule has 0 aromatic rings. The highest BCUT2D eigenvalue weighted by molar-refractivity contribution is 7.67. The zero-order valence-electron chi connectivity index (χ0n) is 1.72. The molecule has 0 saturated heterocycles. The molecule has 0 aliphatic carbocycles. The molecule has 0 radical (unpaired) electrons. The van der Waals surface area contributed by atoms with E-state index >= 15 is 0 Å². The van der Waals surface area contributed by atoms with Crippen LogP contribution in [0.25, 0.3) is 0 Å². The van der Waals surface area contributed by atoms with Gasteiger partial charge in [-0.1, -0.05) is 0 Å². The standard InChI is InChI=1S/ClHNOP/c1-4(2)3/h3H. The molecule has 2 nitrogen and oxygen atoms in total. The van der Waals surface area contributed by atoms with Crippen LogP contribution in [0.4, 0.5) is 0 Å². The summed E-state index contributed by atoms with van der Waals surface area (Å²) in [6.45, 7) is 0. The third-order valence-corrected chi connectivity index (χ3v) is 0. The van der Waals surface area contributed by atoms with E-state index in [0.29, 0.717) is 0 Å². The van der Waals surface area contributed by atoms with Crippen LogP contribution in [0.1, 0.15) is 0 Å². The molecule has 0 spiro atoms. The molecular formula is HClNOP. The van der Waals surface area contributed by atoms with Crippen molar-refractivity contribution < 1.29 is 4.89 Å². The summed E-state index contributed by atoms with van der Waals surface area (Å²) in [5.41, 5.74) is 0. The molecule has 0 aliphatic heterocycles. The van der Waals surface area contributed by atoms with Crippen molar-refractivity contribution in [2.24, 2.45) is 0 Å². The second kappa shape index (κ2) is 1.57. The molecule has 0 aromatic heterocycles. The Morgan fingerprint density at radius 2 is 2.00 bits per heavy atom. The molecule has 0 rings (SSSR count). The van der Waals surface area contributed by atoms with E-state index in [-0.39, 0.29) is 0 Å². The van der Waals surface area contributed by atoms with Crippen molar-refractivity contribution in [2.75, 3.05) is 0 Å². The summed E-state index contributed by atoms with van der Waals surface area (Å²) in [6, 6.07) is 0. The van der Waals surface area contributed by atoms with Gasteiger partial charge in [-0.05, 0) is 11.2 Å². The van der Waals surface area contributed by atoms with Crippen LogP contribution in [0.15, 0.2) is 0 Å². The highest BCUT2D eigenvalue weighted by atomic mass is 35.7. The Kier molecular flexibility index (Phi) is 1.67. The molecule has 24 valence electrons. The molecule has 0 amide bonds. The minimum atomic E-state index is -2.15. The fourth-order valence-corrected chi connectivity index (χ4v) is 0. The lowest BCUT2D eigenvalue weighted by atomic mass is 14.0. The number of hydrogen-bond acceptors (Lipinski definition) is 2. The Bertz CT molecular complexity index is 54.2. The van der Waals surface area contributed by atoms with Gasteiger partial charge < -0.3 is 4.89 Å². The maximum atomic E-state index is 7.44. The quantitative estimate of drug-likeness (QED) is 0.459. The highest BCUT2D eigenvalue weighted by Crippen LogP contribution is 2.13. The molecule has 4 heavy (non-hydrogen) atoms. The molecule has 1 unspecified atom stereocenters. The van der Waals surface area contributed by atoms with Crippen LogP contribution >= 0.6 is 18.4 Å². The normalized spacial score (nSPS) is 10.8. The zero-order chi connectivity index (χ0) is 3.58. The summed E-state index contributed by atoms with van der Waals surface area (Å²) < 4.78 is 0. The first-order chi connectivity index (χ1) is 1.73. The first kappa shape index (κ1) is 4.26. The number of nitrogens with zero attached hydrogens (tertiary/aromatic N) is 1.